The number of hydrogen-bond acceptors (Lipinski definition) is 3. The molecule has 100 valence electrons. The topological polar surface area (TPSA) is 38.3 Å². The summed E-state index contributed by atoms with van der Waals surface area (Å²) < 4.78 is 5.24. The smallest absolute Gasteiger partial charge is 0.340 e. The second-order valence-corrected chi connectivity index (χ2v) is 4.32. The quantitative estimate of drug-likeness (QED) is 0.561. The molecule has 3 nitrogen and oxygen atoms in total. The zero-order valence-corrected chi connectivity index (χ0v) is 11.4. The summed E-state index contributed by atoms with van der Waals surface area (Å²) in [4.78, 5) is 11.9. The number of rotatable bonds is 8. The molecule has 0 heterocycles. The van der Waals surface area contributed by atoms with Crippen molar-refractivity contribution in [2.45, 2.75) is 39.5 Å². The Kier molecular flexibility index (Phi) is 6.92. The molecule has 0 bridgehead atoms. The Bertz CT molecular complexity index is 363. The van der Waals surface area contributed by atoms with Gasteiger partial charge in [-0.1, -0.05) is 38.8 Å². The van der Waals surface area contributed by atoms with Crippen molar-refractivity contribution in [3.63, 3.8) is 0 Å². The molecule has 18 heavy (non-hydrogen) atoms. The molecule has 0 aromatic heterocycles. The number of esters is 1. The van der Waals surface area contributed by atoms with Crippen molar-refractivity contribution in [3.8, 4) is 0 Å². The van der Waals surface area contributed by atoms with Gasteiger partial charge in [-0.25, -0.2) is 4.79 Å². The van der Waals surface area contributed by atoms with E-state index in [0.717, 1.165) is 37.9 Å². The minimum Gasteiger partial charge on any atom is -0.462 e. The molecule has 0 fully saturated rings. The highest BCUT2D eigenvalue weighted by atomic mass is 16.5. The molecule has 0 aliphatic carbocycles. The van der Waals surface area contributed by atoms with Gasteiger partial charge >= 0.3 is 5.97 Å². The zero-order valence-electron chi connectivity index (χ0n) is 11.4. The van der Waals surface area contributed by atoms with Crippen molar-refractivity contribution >= 4 is 11.7 Å². The van der Waals surface area contributed by atoms with Gasteiger partial charge in [0.05, 0.1) is 12.2 Å². The minimum atomic E-state index is -0.233. The average Bonchev–Trinajstić information content (AvgIpc) is 2.40. The van der Waals surface area contributed by atoms with E-state index in [9.17, 15) is 4.79 Å². The Labute approximate surface area is 110 Å². The lowest BCUT2D eigenvalue weighted by molar-refractivity contribution is 0.0501. The van der Waals surface area contributed by atoms with Crippen LogP contribution in [0, 0.1) is 0 Å². The molecule has 0 radical (unpaired) electrons. The highest BCUT2D eigenvalue weighted by Gasteiger charge is 2.11. The van der Waals surface area contributed by atoms with Crippen LogP contribution in [0.25, 0.3) is 0 Å². The number of ether oxygens (including phenoxy) is 1. The Balaban J connectivity index is 2.59. The van der Waals surface area contributed by atoms with Crippen LogP contribution in [0.15, 0.2) is 24.3 Å². The molecular weight excluding hydrogens is 226 g/mol. The summed E-state index contributed by atoms with van der Waals surface area (Å²) in [6.07, 6.45) is 4.18. The summed E-state index contributed by atoms with van der Waals surface area (Å²) in [5, 5.41) is 3.28. The number of para-hydroxylation sites is 1. The highest BCUT2D eigenvalue weighted by molar-refractivity contribution is 5.95. The third-order valence-corrected chi connectivity index (χ3v) is 2.72. The summed E-state index contributed by atoms with van der Waals surface area (Å²) in [7, 11) is 0. The Morgan fingerprint density at radius 2 is 1.89 bits per heavy atom. The van der Waals surface area contributed by atoms with E-state index in [-0.39, 0.29) is 5.97 Å². The van der Waals surface area contributed by atoms with E-state index in [2.05, 4.69) is 19.2 Å². The van der Waals surface area contributed by atoms with E-state index in [1.165, 1.54) is 0 Å². The molecule has 1 N–H and O–H groups in total. The third-order valence-electron chi connectivity index (χ3n) is 2.72. The van der Waals surface area contributed by atoms with Gasteiger partial charge in [0.25, 0.3) is 0 Å². The van der Waals surface area contributed by atoms with Crippen LogP contribution < -0.4 is 5.32 Å². The number of unbranched alkanes of at least 4 members (excludes halogenated alkanes) is 2. The summed E-state index contributed by atoms with van der Waals surface area (Å²) in [6, 6.07) is 7.52. The molecule has 1 rings (SSSR count). The van der Waals surface area contributed by atoms with Crippen LogP contribution in [-0.4, -0.2) is 19.1 Å². The Morgan fingerprint density at radius 1 is 1.17 bits per heavy atom. The number of nitrogens with one attached hydrogen (secondary N) is 1. The largest absolute Gasteiger partial charge is 0.462 e. The van der Waals surface area contributed by atoms with Crippen molar-refractivity contribution in [3.05, 3.63) is 29.8 Å². The van der Waals surface area contributed by atoms with Gasteiger partial charge in [0.1, 0.15) is 0 Å². The lowest BCUT2D eigenvalue weighted by atomic mass is 10.1. The van der Waals surface area contributed by atoms with Crippen LogP contribution >= 0.6 is 0 Å². The second-order valence-electron chi connectivity index (χ2n) is 4.32. The number of benzene rings is 1. The van der Waals surface area contributed by atoms with Crippen LogP contribution in [0.2, 0.25) is 0 Å². The van der Waals surface area contributed by atoms with Crippen molar-refractivity contribution in [1.29, 1.82) is 0 Å². The normalized spacial score (nSPS) is 10.1. The first-order chi connectivity index (χ1) is 8.79. The van der Waals surface area contributed by atoms with Crippen LogP contribution in [0.1, 0.15) is 49.9 Å². The number of hydrogen-bond donors (Lipinski definition) is 1. The first-order valence-corrected chi connectivity index (χ1v) is 6.79. The molecule has 0 spiro atoms. The second kappa shape index (κ2) is 8.56. The Hall–Kier alpha value is -1.51. The molecule has 3 heteroatoms. The first kappa shape index (κ1) is 14.6. The molecule has 0 saturated heterocycles. The monoisotopic (exact) mass is 249 g/mol. The summed E-state index contributed by atoms with van der Waals surface area (Å²) in [5.41, 5.74) is 1.50. The lowest BCUT2D eigenvalue weighted by Gasteiger charge is -2.11. The molecule has 1 aromatic rings. The summed E-state index contributed by atoms with van der Waals surface area (Å²) >= 11 is 0. The van der Waals surface area contributed by atoms with Gasteiger partial charge in [0, 0.05) is 12.2 Å². The van der Waals surface area contributed by atoms with Gasteiger partial charge in [-0.2, -0.15) is 0 Å². The SMILES string of the molecule is CCCCNc1ccccc1C(=O)OCCCC. The van der Waals surface area contributed by atoms with Crippen molar-refractivity contribution in [2.75, 3.05) is 18.5 Å². The van der Waals surface area contributed by atoms with Crippen molar-refractivity contribution in [2.24, 2.45) is 0 Å². The van der Waals surface area contributed by atoms with Crippen LogP contribution in [-0.2, 0) is 4.74 Å². The number of carbonyl (C=O) groups is 1. The fourth-order valence-electron chi connectivity index (χ4n) is 1.60. The predicted octanol–water partition coefficient (Wildman–Crippen LogP) is 3.86. The van der Waals surface area contributed by atoms with Gasteiger partial charge in [0.2, 0.25) is 0 Å². The molecule has 0 aliphatic rings. The summed E-state index contributed by atoms with van der Waals surface area (Å²) in [6.45, 7) is 5.61. The number of anilines is 1. The zero-order chi connectivity index (χ0) is 13.2. The van der Waals surface area contributed by atoms with E-state index in [1.54, 1.807) is 0 Å². The molecule has 0 saturated carbocycles. The van der Waals surface area contributed by atoms with E-state index < -0.39 is 0 Å². The van der Waals surface area contributed by atoms with E-state index in [4.69, 9.17) is 4.74 Å². The van der Waals surface area contributed by atoms with Crippen molar-refractivity contribution in [1.82, 2.24) is 0 Å². The lowest BCUT2D eigenvalue weighted by Crippen LogP contribution is -2.11. The van der Waals surface area contributed by atoms with E-state index in [1.807, 2.05) is 24.3 Å². The molecule has 0 aliphatic heterocycles. The van der Waals surface area contributed by atoms with Gasteiger partial charge in [-0.15, -0.1) is 0 Å². The molecule has 0 unspecified atom stereocenters. The minimum absolute atomic E-state index is 0.233. The van der Waals surface area contributed by atoms with Gasteiger partial charge in [-0.3, -0.25) is 0 Å². The fraction of sp³-hybridized carbons (Fsp3) is 0.533. The molecule has 0 atom stereocenters. The maximum Gasteiger partial charge on any atom is 0.340 e. The fourth-order valence-corrected chi connectivity index (χ4v) is 1.60. The summed E-state index contributed by atoms with van der Waals surface area (Å²) in [5.74, 6) is -0.233. The molecule has 0 amide bonds. The Morgan fingerprint density at radius 3 is 2.61 bits per heavy atom. The van der Waals surface area contributed by atoms with Gasteiger partial charge < -0.3 is 10.1 Å². The van der Waals surface area contributed by atoms with Crippen LogP contribution in [0.4, 0.5) is 5.69 Å². The predicted molar refractivity (Wildman–Crippen MR) is 75.0 cm³/mol. The maximum absolute atomic E-state index is 11.9. The van der Waals surface area contributed by atoms with E-state index >= 15 is 0 Å². The van der Waals surface area contributed by atoms with Gasteiger partial charge in [-0.05, 0) is 25.0 Å². The standard InChI is InChI=1S/C15H23NO2/c1-3-5-11-16-14-10-8-7-9-13(14)15(17)18-12-6-4-2/h7-10,16H,3-6,11-12H2,1-2H3. The van der Waals surface area contributed by atoms with Crippen LogP contribution in [0.5, 0.6) is 0 Å². The average molecular weight is 249 g/mol. The maximum atomic E-state index is 11.9. The third kappa shape index (κ3) is 4.78. The number of carbonyl (C=O) groups excluding carboxylic acids is 1. The molecular formula is C15H23NO2. The van der Waals surface area contributed by atoms with E-state index in [0.29, 0.717) is 12.2 Å². The molecule has 1 aromatic carbocycles. The first-order valence-electron chi connectivity index (χ1n) is 6.79. The van der Waals surface area contributed by atoms with Crippen LogP contribution in [0.3, 0.4) is 0 Å². The highest BCUT2D eigenvalue weighted by Crippen LogP contribution is 2.16. The van der Waals surface area contributed by atoms with Crippen molar-refractivity contribution < 1.29 is 9.53 Å². The van der Waals surface area contributed by atoms with Gasteiger partial charge in [0.15, 0.2) is 0 Å².